The van der Waals surface area contributed by atoms with Crippen LogP contribution >= 0.6 is 0 Å². The Morgan fingerprint density at radius 2 is 1.75 bits per heavy atom. The standard InChI is InChI=1S/C27H33N3O5S/c1-3-23(26(32)28-21-8-4-5-9-21)29(18-20-14-12-19(2)13-15-20)25(31)16-17-30-27(33)22-10-6-7-11-24(22)36(30,34)35/h6-7,10-15,21,23H,3-5,8-9,16-18H2,1-2H3,(H,28,32). The molecule has 192 valence electrons. The minimum Gasteiger partial charge on any atom is -0.352 e. The van der Waals surface area contributed by atoms with Crippen LogP contribution in [-0.4, -0.2) is 54.0 Å². The number of hydrogen-bond acceptors (Lipinski definition) is 5. The Kier molecular flexibility index (Phi) is 7.78. The molecule has 1 aliphatic heterocycles. The Morgan fingerprint density at radius 3 is 2.39 bits per heavy atom. The maximum Gasteiger partial charge on any atom is 0.269 e. The van der Waals surface area contributed by atoms with E-state index in [-0.39, 0.29) is 47.8 Å². The van der Waals surface area contributed by atoms with E-state index in [0.29, 0.717) is 6.42 Å². The second-order valence-electron chi connectivity index (χ2n) is 9.55. The summed E-state index contributed by atoms with van der Waals surface area (Å²) in [5.41, 5.74) is 2.07. The van der Waals surface area contributed by atoms with Crippen LogP contribution in [0.5, 0.6) is 0 Å². The quantitative estimate of drug-likeness (QED) is 0.556. The molecule has 9 heteroatoms. The summed E-state index contributed by atoms with van der Waals surface area (Å²) in [7, 11) is -4.00. The van der Waals surface area contributed by atoms with Crippen molar-refractivity contribution in [1.29, 1.82) is 0 Å². The molecule has 0 radical (unpaired) electrons. The van der Waals surface area contributed by atoms with Crippen molar-refractivity contribution in [2.75, 3.05) is 6.54 Å². The van der Waals surface area contributed by atoms with Crippen LogP contribution in [0, 0.1) is 6.92 Å². The van der Waals surface area contributed by atoms with Gasteiger partial charge in [-0.05, 0) is 43.9 Å². The lowest BCUT2D eigenvalue weighted by molar-refractivity contribution is -0.141. The molecule has 2 aliphatic rings. The topological polar surface area (TPSA) is 104 Å². The lowest BCUT2D eigenvalue weighted by Crippen LogP contribution is -2.51. The smallest absolute Gasteiger partial charge is 0.269 e. The van der Waals surface area contributed by atoms with Crippen molar-refractivity contribution in [3.05, 3.63) is 65.2 Å². The van der Waals surface area contributed by atoms with E-state index in [4.69, 9.17) is 0 Å². The van der Waals surface area contributed by atoms with Crippen LogP contribution in [0.3, 0.4) is 0 Å². The van der Waals surface area contributed by atoms with Crippen molar-refractivity contribution in [2.24, 2.45) is 0 Å². The van der Waals surface area contributed by atoms with Gasteiger partial charge in [0.25, 0.3) is 15.9 Å². The molecule has 1 aliphatic carbocycles. The van der Waals surface area contributed by atoms with Gasteiger partial charge in [0.1, 0.15) is 10.9 Å². The first-order chi connectivity index (χ1) is 17.2. The van der Waals surface area contributed by atoms with Crippen molar-refractivity contribution in [3.8, 4) is 0 Å². The zero-order valence-electron chi connectivity index (χ0n) is 20.8. The molecule has 2 aromatic carbocycles. The molecule has 1 fully saturated rings. The number of carbonyl (C=O) groups excluding carboxylic acids is 3. The van der Waals surface area contributed by atoms with Crippen molar-refractivity contribution in [3.63, 3.8) is 0 Å². The summed E-state index contributed by atoms with van der Waals surface area (Å²) in [6.07, 6.45) is 4.23. The minimum atomic E-state index is -4.00. The van der Waals surface area contributed by atoms with Crippen LogP contribution in [0.1, 0.15) is 66.9 Å². The first-order valence-electron chi connectivity index (χ1n) is 12.5. The molecular weight excluding hydrogens is 478 g/mol. The number of carbonyl (C=O) groups is 3. The number of benzene rings is 2. The lowest BCUT2D eigenvalue weighted by Gasteiger charge is -2.32. The molecule has 1 heterocycles. The summed E-state index contributed by atoms with van der Waals surface area (Å²) >= 11 is 0. The number of sulfonamides is 1. The van der Waals surface area contributed by atoms with Gasteiger partial charge in [0.2, 0.25) is 11.8 Å². The van der Waals surface area contributed by atoms with Gasteiger partial charge in [0, 0.05) is 25.6 Å². The molecule has 1 unspecified atom stereocenters. The number of nitrogens with one attached hydrogen (secondary N) is 1. The maximum atomic E-state index is 13.5. The summed E-state index contributed by atoms with van der Waals surface area (Å²) < 4.78 is 26.6. The molecule has 1 saturated carbocycles. The van der Waals surface area contributed by atoms with Crippen LogP contribution in [0.25, 0.3) is 0 Å². The summed E-state index contributed by atoms with van der Waals surface area (Å²) in [5.74, 6) is -1.19. The van der Waals surface area contributed by atoms with Crippen LogP contribution in [0.4, 0.5) is 0 Å². The van der Waals surface area contributed by atoms with E-state index in [0.717, 1.165) is 41.1 Å². The van der Waals surface area contributed by atoms with Gasteiger partial charge in [-0.2, -0.15) is 0 Å². The first-order valence-corrected chi connectivity index (χ1v) is 14.0. The zero-order chi connectivity index (χ0) is 25.9. The molecule has 1 atom stereocenters. The zero-order valence-corrected chi connectivity index (χ0v) is 21.6. The van der Waals surface area contributed by atoms with Crippen LogP contribution in [-0.2, 0) is 26.2 Å². The summed E-state index contributed by atoms with van der Waals surface area (Å²) in [5, 5.41) is 3.10. The molecule has 0 saturated heterocycles. The SMILES string of the molecule is CCC(C(=O)NC1CCCC1)N(Cc1ccc(C)cc1)C(=O)CCN1C(=O)c2ccccc2S1(=O)=O. The van der Waals surface area contributed by atoms with Crippen molar-refractivity contribution >= 4 is 27.7 Å². The Morgan fingerprint density at radius 1 is 1.08 bits per heavy atom. The van der Waals surface area contributed by atoms with Crippen molar-refractivity contribution in [1.82, 2.24) is 14.5 Å². The molecule has 1 N–H and O–H groups in total. The van der Waals surface area contributed by atoms with E-state index in [1.54, 1.807) is 12.1 Å². The van der Waals surface area contributed by atoms with E-state index in [1.807, 2.05) is 38.1 Å². The largest absolute Gasteiger partial charge is 0.352 e. The van der Waals surface area contributed by atoms with E-state index < -0.39 is 22.0 Å². The molecule has 2 aromatic rings. The highest BCUT2D eigenvalue weighted by atomic mass is 32.2. The van der Waals surface area contributed by atoms with Gasteiger partial charge in [-0.1, -0.05) is 61.7 Å². The Balaban J connectivity index is 1.53. The number of fused-ring (bicyclic) bond motifs is 1. The minimum absolute atomic E-state index is 0.0404. The van der Waals surface area contributed by atoms with Crippen LogP contribution in [0.2, 0.25) is 0 Å². The van der Waals surface area contributed by atoms with E-state index >= 15 is 0 Å². The Bertz CT molecular complexity index is 1240. The highest BCUT2D eigenvalue weighted by Crippen LogP contribution is 2.30. The average Bonchev–Trinajstić information content (AvgIpc) is 3.43. The Hall–Kier alpha value is -3.20. The maximum absolute atomic E-state index is 13.5. The fraction of sp³-hybridized carbons (Fsp3) is 0.444. The summed E-state index contributed by atoms with van der Waals surface area (Å²) in [6, 6.07) is 13.2. The molecule has 36 heavy (non-hydrogen) atoms. The molecule has 3 amide bonds. The number of hydrogen-bond donors (Lipinski definition) is 1. The Labute approximate surface area is 212 Å². The second-order valence-corrected chi connectivity index (χ2v) is 11.4. The molecule has 8 nitrogen and oxygen atoms in total. The van der Waals surface area contributed by atoms with Gasteiger partial charge in [-0.3, -0.25) is 14.4 Å². The molecular formula is C27H33N3O5S. The van der Waals surface area contributed by atoms with Gasteiger partial charge in [0.15, 0.2) is 0 Å². The second kappa shape index (κ2) is 10.8. The first kappa shape index (κ1) is 25.9. The van der Waals surface area contributed by atoms with Gasteiger partial charge in [-0.25, -0.2) is 12.7 Å². The third-order valence-electron chi connectivity index (χ3n) is 7.00. The monoisotopic (exact) mass is 511 g/mol. The van der Waals surface area contributed by atoms with Gasteiger partial charge < -0.3 is 10.2 Å². The lowest BCUT2D eigenvalue weighted by atomic mass is 10.1. The fourth-order valence-corrected chi connectivity index (χ4v) is 6.54. The van der Waals surface area contributed by atoms with Crippen molar-refractivity contribution < 1.29 is 22.8 Å². The van der Waals surface area contributed by atoms with Gasteiger partial charge >= 0.3 is 0 Å². The predicted molar refractivity (Wildman–Crippen MR) is 135 cm³/mol. The number of rotatable bonds is 9. The van der Waals surface area contributed by atoms with Crippen LogP contribution < -0.4 is 5.32 Å². The van der Waals surface area contributed by atoms with E-state index in [2.05, 4.69) is 5.32 Å². The average molecular weight is 512 g/mol. The summed E-state index contributed by atoms with van der Waals surface area (Å²) in [4.78, 5) is 41.0. The number of nitrogens with zero attached hydrogens (tertiary/aromatic N) is 2. The fourth-order valence-electron chi connectivity index (χ4n) is 4.97. The molecule has 0 aromatic heterocycles. The van der Waals surface area contributed by atoms with E-state index in [9.17, 15) is 22.8 Å². The van der Waals surface area contributed by atoms with Gasteiger partial charge in [0.05, 0.1) is 5.56 Å². The van der Waals surface area contributed by atoms with Crippen LogP contribution in [0.15, 0.2) is 53.4 Å². The summed E-state index contributed by atoms with van der Waals surface area (Å²) in [6.45, 7) is 3.78. The number of aryl methyl sites for hydroxylation is 1. The highest BCUT2D eigenvalue weighted by Gasteiger charge is 2.41. The number of amides is 3. The molecule has 0 bridgehead atoms. The predicted octanol–water partition coefficient (Wildman–Crippen LogP) is 3.40. The normalized spacial score (nSPS) is 17.6. The molecule has 0 spiro atoms. The third kappa shape index (κ3) is 5.31. The van der Waals surface area contributed by atoms with Gasteiger partial charge in [-0.15, -0.1) is 0 Å². The highest BCUT2D eigenvalue weighted by molar-refractivity contribution is 7.90. The van der Waals surface area contributed by atoms with Crippen molar-refractivity contribution in [2.45, 2.75) is 75.9 Å². The molecule has 4 rings (SSSR count). The third-order valence-corrected chi connectivity index (χ3v) is 8.84. The van der Waals surface area contributed by atoms with E-state index in [1.165, 1.54) is 17.0 Å².